The lowest BCUT2D eigenvalue weighted by Gasteiger charge is -2.23. The van der Waals surface area contributed by atoms with Gasteiger partial charge in [0.1, 0.15) is 11.5 Å². The summed E-state index contributed by atoms with van der Waals surface area (Å²) in [6.07, 6.45) is 10.5. The first-order valence-electron chi connectivity index (χ1n) is 20.3. The van der Waals surface area contributed by atoms with Crippen molar-refractivity contribution in [2.24, 2.45) is 0 Å². The highest BCUT2D eigenvalue weighted by atomic mass is 16.7. The molecule has 12 nitrogen and oxygen atoms in total. The van der Waals surface area contributed by atoms with Crippen LogP contribution in [0.4, 0.5) is 0 Å². The molecule has 320 valence electrons. The van der Waals surface area contributed by atoms with Crippen LogP contribution in [0.25, 0.3) is 0 Å². The van der Waals surface area contributed by atoms with Crippen molar-refractivity contribution in [1.29, 1.82) is 0 Å². The molecule has 0 amide bonds. The maximum atomic E-state index is 6.51. The summed E-state index contributed by atoms with van der Waals surface area (Å²) < 4.78 is 68.3. The molecule has 12 heteroatoms. The van der Waals surface area contributed by atoms with Crippen LogP contribution in [0.3, 0.4) is 0 Å². The lowest BCUT2D eigenvalue weighted by molar-refractivity contribution is -0.0901. The molecule has 0 radical (unpaired) electrons. The minimum atomic E-state index is -0.498. The van der Waals surface area contributed by atoms with Crippen LogP contribution in [-0.2, 0) is 60.2 Å². The van der Waals surface area contributed by atoms with Gasteiger partial charge in [-0.2, -0.15) is 0 Å². The molecule has 0 spiro atoms. The number of rotatable bonds is 39. The molecule has 0 saturated heterocycles. The molecule has 0 aromatic heterocycles. The first-order valence-corrected chi connectivity index (χ1v) is 20.3. The maximum Gasteiger partial charge on any atom is 0.197 e. The van der Waals surface area contributed by atoms with Crippen LogP contribution in [-0.4, -0.2) is 133 Å². The van der Waals surface area contributed by atoms with Crippen molar-refractivity contribution in [3.8, 4) is 11.5 Å². The average Bonchev–Trinajstić information content (AvgIpc) is 3.15. The molecular formula is C43H76O12. The van der Waals surface area contributed by atoms with Gasteiger partial charge in [0.15, 0.2) is 12.6 Å². The Hall–Kier alpha value is -2.10. The Bertz CT molecular complexity index is 1030. The zero-order valence-corrected chi connectivity index (χ0v) is 35.6. The Kier molecular flexibility index (Phi) is 33.6. The second-order valence-electron chi connectivity index (χ2n) is 13.4. The van der Waals surface area contributed by atoms with Gasteiger partial charge in [0.05, 0.1) is 106 Å². The molecule has 0 N–H and O–H groups in total. The predicted octanol–water partition coefficient (Wildman–Crippen LogP) is 7.53. The molecule has 0 aliphatic rings. The lowest BCUT2D eigenvalue weighted by Crippen LogP contribution is -2.22. The van der Waals surface area contributed by atoms with E-state index in [1.807, 2.05) is 13.8 Å². The number of allylic oxidation sites excluding steroid dienone is 4. The van der Waals surface area contributed by atoms with Crippen molar-refractivity contribution < 1.29 is 56.8 Å². The monoisotopic (exact) mass is 785 g/mol. The smallest absolute Gasteiger partial charge is 0.197 e. The average molecular weight is 785 g/mol. The van der Waals surface area contributed by atoms with Crippen LogP contribution in [0.1, 0.15) is 84.8 Å². The van der Waals surface area contributed by atoms with E-state index in [0.29, 0.717) is 112 Å². The van der Waals surface area contributed by atoms with Gasteiger partial charge in [0.25, 0.3) is 0 Å². The van der Waals surface area contributed by atoms with Gasteiger partial charge in [0, 0.05) is 19.8 Å². The molecule has 2 atom stereocenters. The van der Waals surface area contributed by atoms with E-state index in [2.05, 4.69) is 52.0 Å². The van der Waals surface area contributed by atoms with E-state index >= 15 is 0 Å². The number of hydrogen-bond acceptors (Lipinski definition) is 12. The summed E-state index contributed by atoms with van der Waals surface area (Å²) in [6.45, 7) is 20.5. The summed E-state index contributed by atoms with van der Waals surface area (Å²) in [5, 5.41) is 0. The van der Waals surface area contributed by atoms with Gasteiger partial charge in [-0.15, -0.1) is 0 Å². The first-order chi connectivity index (χ1) is 26.8. The molecule has 0 saturated carbocycles. The third-order valence-electron chi connectivity index (χ3n) is 8.14. The summed E-state index contributed by atoms with van der Waals surface area (Å²) in [6, 6.07) is 4.29. The van der Waals surface area contributed by atoms with Gasteiger partial charge in [0.2, 0.25) is 0 Å². The zero-order valence-electron chi connectivity index (χ0n) is 35.6. The fourth-order valence-electron chi connectivity index (χ4n) is 5.12. The Labute approximate surface area is 333 Å². The van der Waals surface area contributed by atoms with Crippen LogP contribution in [0.2, 0.25) is 0 Å². The second-order valence-corrected chi connectivity index (χ2v) is 13.4. The van der Waals surface area contributed by atoms with Gasteiger partial charge in [-0.1, -0.05) is 43.1 Å². The van der Waals surface area contributed by atoms with Crippen molar-refractivity contribution in [3.05, 3.63) is 46.6 Å². The van der Waals surface area contributed by atoms with E-state index in [0.717, 1.165) is 61.2 Å². The summed E-state index contributed by atoms with van der Waals surface area (Å²) >= 11 is 0. The van der Waals surface area contributed by atoms with Crippen LogP contribution in [0.15, 0.2) is 35.4 Å². The van der Waals surface area contributed by atoms with Gasteiger partial charge in [-0.3, -0.25) is 0 Å². The number of hydrogen-bond donors (Lipinski definition) is 0. The van der Waals surface area contributed by atoms with E-state index in [1.54, 1.807) is 14.2 Å². The third kappa shape index (κ3) is 29.8. The Morgan fingerprint density at radius 3 is 1.38 bits per heavy atom. The molecule has 0 heterocycles. The van der Waals surface area contributed by atoms with Crippen LogP contribution in [0.5, 0.6) is 11.5 Å². The van der Waals surface area contributed by atoms with Gasteiger partial charge in [-0.05, 0) is 84.4 Å². The zero-order chi connectivity index (χ0) is 40.2. The van der Waals surface area contributed by atoms with E-state index in [1.165, 1.54) is 11.1 Å². The third-order valence-corrected chi connectivity index (χ3v) is 8.14. The van der Waals surface area contributed by atoms with Crippen LogP contribution in [0, 0.1) is 0 Å². The highest BCUT2D eigenvalue weighted by molar-refractivity contribution is 5.49. The summed E-state index contributed by atoms with van der Waals surface area (Å²) in [7, 11) is 3.31. The molecule has 1 aromatic rings. The van der Waals surface area contributed by atoms with Crippen molar-refractivity contribution >= 4 is 0 Å². The number of aryl methyl sites for hydroxylation is 1. The predicted molar refractivity (Wildman–Crippen MR) is 217 cm³/mol. The van der Waals surface area contributed by atoms with Crippen molar-refractivity contribution in [1.82, 2.24) is 0 Å². The maximum absolute atomic E-state index is 6.51. The number of benzene rings is 1. The Morgan fingerprint density at radius 2 is 0.982 bits per heavy atom. The minimum Gasteiger partial charge on any atom is -0.465 e. The topological polar surface area (TPSA) is 111 Å². The first kappa shape index (κ1) is 50.9. The molecule has 0 bridgehead atoms. The SMILES string of the molecule is CCCCCc1cc(OC(C)OCCOCCOCCOCCOC)c(CC=C(C)CCC=C(C)C)c(OC(C)OCCOCCOCCOCCOC)c1. The fraction of sp³-hybridized carbons (Fsp3) is 0.767. The highest BCUT2D eigenvalue weighted by Gasteiger charge is 2.18. The number of methoxy groups -OCH3 is 2. The number of ether oxygens (including phenoxy) is 12. The minimum absolute atomic E-state index is 0.391. The highest BCUT2D eigenvalue weighted by Crippen LogP contribution is 2.34. The normalized spacial score (nSPS) is 12.9. The number of unbranched alkanes of at least 4 members (excludes halogenated alkanes) is 2. The van der Waals surface area contributed by atoms with E-state index in [4.69, 9.17) is 56.8 Å². The molecule has 2 unspecified atom stereocenters. The molecule has 0 aliphatic carbocycles. The van der Waals surface area contributed by atoms with Crippen LogP contribution >= 0.6 is 0 Å². The second kappa shape index (κ2) is 36.3. The largest absolute Gasteiger partial charge is 0.465 e. The standard InChI is InChI=1S/C43H76O12/c1-9-10-11-15-40-34-42(54-38(5)52-32-30-50-28-26-48-24-22-46-20-18-44-7)41(17-16-37(4)14-12-13-36(2)3)43(35-40)55-39(6)53-33-31-51-29-27-49-25-23-47-21-19-45-8/h13,16,34-35,38-39H,9-12,14-15,17-33H2,1-8H3. The summed E-state index contributed by atoms with van der Waals surface area (Å²) in [5.74, 6) is 1.51. The molecule has 1 aromatic carbocycles. The lowest BCUT2D eigenvalue weighted by atomic mass is 10.00. The molecule has 0 fully saturated rings. The van der Waals surface area contributed by atoms with E-state index in [9.17, 15) is 0 Å². The van der Waals surface area contributed by atoms with E-state index in [-0.39, 0.29) is 0 Å². The van der Waals surface area contributed by atoms with Crippen molar-refractivity contribution in [2.45, 2.75) is 99.1 Å². The van der Waals surface area contributed by atoms with Gasteiger partial charge < -0.3 is 56.8 Å². The van der Waals surface area contributed by atoms with Crippen molar-refractivity contribution in [3.63, 3.8) is 0 Å². The quantitative estimate of drug-likeness (QED) is 0.0374. The summed E-state index contributed by atoms with van der Waals surface area (Å²) in [4.78, 5) is 0. The molecule has 0 aliphatic heterocycles. The Balaban J connectivity index is 2.85. The molecular weight excluding hydrogens is 708 g/mol. The summed E-state index contributed by atoms with van der Waals surface area (Å²) in [5.41, 5.74) is 4.77. The molecule has 55 heavy (non-hydrogen) atoms. The molecule has 1 rings (SSSR count). The van der Waals surface area contributed by atoms with E-state index < -0.39 is 12.6 Å². The van der Waals surface area contributed by atoms with Gasteiger partial charge in [-0.25, -0.2) is 0 Å². The fourth-order valence-corrected chi connectivity index (χ4v) is 5.12. The van der Waals surface area contributed by atoms with Gasteiger partial charge >= 0.3 is 0 Å². The Morgan fingerprint density at radius 1 is 0.564 bits per heavy atom. The van der Waals surface area contributed by atoms with Crippen LogP contribution < -0.4 is 9.47 Å². The van der Waals surface area contributed by atoms with Crippen molar-refractivity contribution in [2.75, 3.05) is 120 Å².